The van der Waals surface area contributed by atoms with Crippen molar-refractivity contribution in [2.75, 3.05) is 26.2 Å². The van der Waals surface area contributed by atoms with E-state index in [-0.39, 0.29) is 12.3 Å². The first kappa shape index (κ1) is 14.9. The van der Waals surface area contributed by atoms with Gasteiger partial charge < -0.3 is 16.2 Å². The predicted octanol–water partition coefficient (Wildman–Crippen LogP) is -0.219. The number of carboxylic acids is 1. The van der Waals surface area contributed by atoms with Crippen molar-refractivity contribution < 1.29 is 14.7 Å². The van der Waals surface area contributed by atoms with E-state index in [0.29, 0.717) is 12.8 Å². The van der Waals surface area contributed by atoms with Crippen LogP contribution in [-0.2, 0) is 9.59 Å². The van der Waals surface area contributed by atoms with E-state index in [4.69, 9.17) is 10.8 Å². The zero-order valence-electron chi connectivity index (χ0n) is 10.9. The third-order valence-corrected chi connectivity index (χ3v) is 3.62. The minimum atomic E-state index is -0.834. The van der Waals surface area contributed by atoms with E-state index in [2.05, 4.69) is 10.2 Å². The lowest BCUT2D eigenvalue weighted by atomic mass is 9.91. The lowest BCUT2D eigenvalue weighted by molar-refractivity contribution is -0.138. The molecule has 0 aromatic rings. The first-order chi connectivity index (χ1) is 8.47. The monoisotopic (exact) mass is 257 g/mol. The molecule has 1 saturated heterocycles. The SMILES string of the molecule is CC(CCCC(=O)O)(C(N)=O)N1CCCNCC1. The molecule has 0 spiro atoms. The lowest BCUT2D eigenvalue weighted by Crippen LogP contribution is -2.56. The van der Waals surface area contributed by atoms with Crippen molar-refractivity contribution in [3.8, 4) is 0 Å². The Morgan fingerprint density at radius 1 is 1.39 bits per heavy atom. The molecule has 1 aliphatic heterocycles. The molecule has 1 heterocycles. The number of hydrogen-bond donors (Lipinski definition) is 3. The largest absolute Gasteiger partial charge is 0.481 e. The van der Waals surface area contributed by atoms with Crippen molar-refractivity contribution in [3.63, 3.8) is 0 Å². The van der Waals surface area contributed by atoms with Crippen molar-refractivity contribution in [2.45, 2.75) is 38.1 Å². The van der Waals surface area contributed by atoms with Gasteiger partial charge in [0.1, 0.15) is 0 Å². The van der Waals surface area contributed by atoms with Crippen LogP contribution in [0, 0.1) is 0 Å². The van der Waals surface area contributed by atoms with Crippen LogP contribution in [0.15, 0.2) is 0 Å². The Balaban J connectivity index is 2.65. The highest BCUT2D eigenvalue weighted by atomic mass is 16.4. The third kappa shape index (κ3) is 3.96. The van der Waals surface area contributed by atoms with Gasteiger partial charge in [0, 0.05) is 26.1 Å². The summed E-state index contributed by atoms with van der Waals surface area (Å²) < 4.78 is 0. The van der Waals surface area contributed by atoms with E-state index < -0.39 is 11.5 Å². The molecule has 6 heteroatoms. The van der Waals surface area contributed by atoms with Gasteiger partial charge in [-0.25, -0.2) is 0 Å². The highest BCUT2D eigenvalue weighted by Gasteiger charge is 2.37. The van der Waals surface area contributed by atoms with Crippen LogP contribution in [0.1, 0.15) is 32.6 Å². The molecule has 1 atom stereocenters. The van der Waals surface area contributed by atoms with Crippen LogP contribution in [0.3, 0.4) is 0 Å². The van der Waals surface area contributed by atoms with E-state index in [1.807, 2.05) is 6.92 Å². The average Bonchev–Trinajstić information content (AvgIpc) is 2.56. The number of rotatable bonds is 6. The molecular weight excluding hydrogens is 234 g/mol. The van der Waals surface area contributed by atoms with Gasteiger partial charge in [-0.1, -0.05) is 0 Å². The summed E-state index contributed by atoms with van der Waals surface area (Å²) in [7, 11) is 0. The number of nitrogens with two attached hydrogens (primary N) is 1. The molecule has 0 saturated carbocycles. The second-order valence-corrected chi connectivity index (χ2v) is 4.98. The van der Waals surface area contributed by atoms with Gasteiger partial charge in [0.2, 0.25) is 5.91 Å². The molecule has 0 aromatic carbocycles. The van der Waals surface area contributed by atoms with Crippen molar-refractivity contribution in [1.82, 2.24) is 10.2 Å². The first-order valence-corrected chi connectivity index (χ1v) is 6.44. The molecule has 1 fully saturated rings. The van der Waals surface area contributed by atoms with Crippen molar-refractivity contribution in [2.24, 2.45) is 5.73 Å². The van der Waals surface area contributed by atoms with E-state index in [9.17, 15) is 9.59 Å². The summed E-state index contributed by atoms with van der Waals surface area (Å²) in [6.45, 7) is 5.19. The molecule has 18 heavy (non-hydrogen) atoms. The number of carbonyl (C=O) groups is 2. The van der Waals surface area contributed by atoms with Crippen LogP contribution in [-0.4, -0.2) is 53.6 Å². The summed E-state index contributed by atoms with van der Waals surface area (Å²) in [5.74, 6) is -1.20. The minimum Gasteiger partial charge on any atom is -0.481 e. The maximum atomic E-state index is 11.7. The molecule has 6 nitrogen and oxygen atoms in total. The molecule has 1 rings (SSSR count). The summed E-state index contributed by atoms with van der Waals surface area (Å²) in [5, 5.41) is 11.9. The fraction of sp³-hybridized carbons (Fsp3) is 0.833. The topological polar surface area (TPSA) is 95.7 Å². The molecule has 0 radical (unpaired) electrons. The van der Waals surface area contributed by atoms with Crippen LogP contribution in [0.4, 0.5) is 0 Å². The number of carbonyl (C=O) groups excluding carboxylic acids is 1. The maximum Gasteiger partial charge on any atom is 0.303 e. The summed E-state index contributed by atoms with van der Waals surface area (Å²) in [4.78, 5) is 24.3. The number of hydrogen-bond acceptors (Lipinski definition) is 4. The van der Waals surface area contributed by atoms with Gasteiger partial charge >= 0.3 is 5.97 Å². The van der Waals surface area contributed by atoms with Gasteiger partial charge in [-0.05, 0) is 32.7 Å². The van der Waals surface area contributed by atoms with E-state index in [1.54, 1.807) is 0 Å². The number of aliphatic carboxylic acids is 1. The first-order valence-electron chi connectivity index (χ1n) is 6.44. The number of primary amides is 1. The van der Waals surface area contributed by atoms with E-state index in [0.717, 1.165) is 32.6 Å². The minimum absolute atomic E-state index is 0.0783. The van der Waals surface area contributed by atoms with Crippen LogP contribution in [0.25, 0.3) is 0 Å². The Hall–Kier alpha value is -1.14. The summed E-state index contributed by atoms with van der Waals surface area (Å²) in [6, 6.07) is 0. The second kappa shape index (κ2) is 6.70. The quantitative estimate of drug-likeness (QED) is 0.611. The van der Waals surface area contributed by atoms with Crippen LogP contribution in [0.2, 0.25) is 0 Å². The predicted molar refractivity (Wildman–Crippen MR) is 68.1 cm³/mol. The third-order valence-electron chi connectivity index (χ3n) is 3.62. The van der Waals surface area contributed by atoms with Crippen LogP contribution < -0.4 is 11.1 Å². The lowest BCUT2D eigenvalue weighted by Gasteiger charge is -2.38. The van der Waals surface area contributed by atoms with Gasteiger partial charge in [-0.15, -0.1) is 0 Å². The molecule has 1 amide bonds. The van der Waals surface area contributed by atoms with Crippen molar-refractivity contribution in [3.05, 3.63) is 0 Å². The Labute approximate surface area is 108 Å². The fourth-order valence-corrected chi connectivity index (χ4v) is 2.36. The van der Waals surface area contributed by atoms with Crippen LogP contribution >= 0.6 is 0 Å². The molecule has 1 unspecified atom stereocenters. The zero-order chi connectivity index (χ0) is 13.6. The maximum absolute atomic E-state index is 11.7. The smallest absolute Gasteiger partial charge is 0.303 e. The fourth-order valence-electron chi connectivity index (χ4n) is 2.36. The van der Waals surface area contributed by atoms with Gasteiger partial charge in [0.15, 0.2) is 0 Å². The molecular formula is C12H23N3O3. The van der Waals surface area contributed by atoms with Gasteiger partial charge in [0.25, 0.3) is 0 Å². The Kier molecular flexibility index (Phi) is 5.55. The van der Waals surface area contributed by atoms with Crippen LogP contribution in [0.5, 0.6) is 0 Å². The highest BCUT2D eigenvalue weighted by Crippen LogP contribution is 2.23. The van der Waals surface area contributed by atoms with E-state index in [1.165, 1.54) is 0 Å². The summed E-state index contributed by atoms with van der Waals surface area (Å²) in [5.41, 5.74) is 4.79. The Morgan fingerprint density at radius 2 is 2.11 bits per heavy atom. The van der Waals surface area contributed by atoms with Crippen molar-refractivity contribution >= 4 is 11.9 Å². The molecule has 0 aliphatic carbocycles. The molecule has 1 aliphatic rings. The van der Waals surface area contributed by atoms with E-state index >= 15 is 0 Å². The number of nitrogens with zero attached hydrogens (tertiary/aromatic N) is 1. The van der Waals surface area contributed by atoms with Gasteiger partial charge in [-0.3, -0.25) is 14.5 Å². The molecule has 0 aromatic heterocycles. The normalized spacial score (nSPS) is 20.9. The molecule has 0 bridgehead atoms. The van der Waals surface area contributed by atoms with Gasteiger partial charge in [0.05, 0.1) is 5.54 Å². The number of nitrogens with one attached hydrogen (secondary N) is 1. The standard InChI is InChI=1S/C12H23N3O3/c1-12(11(13)18,5-2-4-10(16)17)15-8-3-6-14-7-9-15/h14H,2-9H2,1H3,(H2,13,18)(H,16,17). The zero-order valence-corrected chi connectivity index (χ0v) is 10.9. The Bertz CT molecular complexity index is 301. The highest BCUT2D eigenvalue weighted by molar-refractivity contribution is 5.84. The second-order valence-electron chi connectivity index (χ2n) is 4.98. The summed E-state index contributed by atoms with van der Waals surface area (Å²) >= 11 is 0. The number of amides is 1. The van der Waals surface area contributed by atoms with Gasteiger partial charge in [-0.2, -0.15) is 0 Å². The molecule has 4 N–H and O–H groups in total. The summed E-state index contributed by atoms with van der Waals surface area (Å²) in [6.07, 6.45) is 2.02. The number of carboxylic acid groups (broad SMARTS) is 1. The molecule has 104 valence electrons. The Morgan fingerprint density at radius 3 is 2.72 bits per heavy atom. The average molecular weight is 257 g/mol. The van der Waals surface area contributed by atoms with Crippen molar-refractivity contribution in [1.29, 1.82) is 0 Å².